The molecule has 0 unspecified atom stereocenters. The molecule has 2 aromatic rings. The predicted octanol–water partition coefficient (Wildman–Crippen LogP) is 2.31. The van der Waals surface area contributed by atoms with Gasteiger partial charge in [0.25, 0.3) is 0 Å². The number of hydrogen-bond acceptors (Lipinski definition) is 3. The molecule has 0 fully saturated rings. The van der Waals surface area contributed by atoms with Crippen LogP contribution in [-0.2, 0) is 12.7 Å². The first-order valence-electron chi connectivity index (χ1n) is 4.17. The van der Waals surface area contributed by atoms with Crippen LogP contribution in [0.4, 0.5) is 13.2 Å². The van der Waals surface area contributed by atoms with Gasteiger partial charge in [-0.05, 0) is 18.2 Å². The van der Waals surface area contributed by atoms with E-state index in [2.05, 4.69) is 4.98 Å². The van der Waals surface area contributed by atoms with Gasteiger partial charge in [0.15, 0.2) is 5.58 Å². The maximum atomic E-state index is 12.3. The van der Waals surface area contributed by atoms with Crippen LogP contribution in [0.2, 0.25) is 0 Å². The van der Waals surface area contributed by atoms with Gasteiger partial charge in [-0.2, -0.15) is 13.2 Å². The van der Waals surface area contributed by atoms with Gasteiger partial charge in [0.2, 0.25) is 5.89 Å². The highest BCUT2D eigenvalue weighted by atomic mass is 19.4. The fourth-order valence-electron chi connectivity index (χ4n) is 1.24. The van der Waals surface area contributed by atoms with Crippen molar-refractivity contribution in [1.82, 2.24) is 4.98 Å². The molecule has 80 valence electrons. The number of fused-ring (bicyclic) bond motifs is 1. The SMILES string of the molecule is NCc1nc2ccc(C(F)(F)F)cc2o1. The summed E-state index contributed by atoms with van der Waals surface area (Å²) in [6, 6.07) is 3.15. The molecule has 0 spiro atoms. The lowest BCUT2D eigenvalue weighted by Gasteiger charge is -2.04. The lowest BCUT2D eigenvalue weighted by molar-refractivity contribution is -0.137. The molecule has 0 saturated carbocycles. The van der Waals surface area contributed by atoms with Crippen molar-refractivity contribution in [2.24, 2.45) is 5.73 Å². The minimum atomic E-state index is -4.37. The Morgan fingerprint density at radius 2 is 2.07 bits per heavy atom. The number of hydrogen-bond donors (Lipinski definition) is 1. The highest BCUT2D eigenvalue weighted by Crippen LogP contribution is 2.31. The van der Waals surface area contributed by atoms with Gasteiger partial charge in [-0.3, -0.25) is 0 Å². The number of nitrogens with zero attached hydrogens (tertiary/aromatic N) is 1. The Kier molecular flexibility index (Phi) is 2.15. The molecule has 1 aromatic heterocycles. The van der Waals surface area contributed by atoms with Crippen molar-refractivity contribution in [3.63, 3.8) is 0 Å². The third kappa shape index (κ3) is 1.80. The number of rotatable bonds is 1. The minimum Gasteiger partial charge on any atom is -0.439 e. The van der Waals surface area contributed by atoms with Gasteiger partial charge in [-0.1, -0.05) is 0 Å². The summed E-state index contributed by atoms with van der Waals surface area (Å²) in [7, 11) is 0. The Labute approximate surface area is 82.7 Å². The first-order valence-corrected chi connectivity index (χ1v) is 4.17. The smallest absolute Gasteiger partial charge is 0.416 e. The molecule has 15 heavy (non-hydrogen) atoms. The Bertz CT molecular complexity index is 490. The molecule has 0 aliphatic rings. The van der Waals surface area contributed by atoms with E-state index in [9.17, 15) is 13.2 Å². The highest BCUT2D eigenvalue weighted by Gasteiger charge is 2.31. The van der Waals surface area contributed by atoms with Crippen molar-refractivity contribution in [3.05, 3.63) is 29.7 Å². The summed E-state index contributed by atoms with van der Waals surface area (Å²) >= 11 is 0. The third-order valence-electron chi connectivity index (χ3n) is 1.93. The van der Waals surface area contributed by atoms with Gasteiger partial charge in [0, 0.05) is 0 Å². The first kappa shape index (κ1) is 9.97. The molecule has 6 heteroatoms. The summed E-state index contributed by atoms with van der Waals surface area (Å²) in [6.07, 6.45) is -4.37. The van der Waals surface area contributed by atoms with Crippen molar-refractivity contribution in [2.45, 2.75) is 12.7 Å². The fraction of sp³-hybridized carbons (Fsp3) is 0.222. The van der Waals surface area contributed by atoms with Crippen LogP contribution in [0.5, 0.6) is 0 Å². The van der Waals surface area contributed by atoms with Crippen LogP contribution >= 0.6 is 0 Å². The lowest BCUT2D eigenvalue weighted by atomic mass is 10.2. The van der Waals surface area contributed by atoms with Gasteiger partial charge in [0.05, 0.1) is 12.1 Å². The maximum absolute atomic E-state index is 12.3. The largest absolute Gasteiger partial charge is 0.439 e. The van der Waals surface area contributed by atoms with Crippen molar-refractivity contribution in [3.8, 4) is 0 Å². The van der Waals surface area contributed by atoms with E-state index < -0.39 is 11.7 Å². The number of alkyl halides is 3. The van der Waals surface area contributed by atoms with Gasteiger partial charge >= 0.3 is 6.18 Å². The molecule has 3 nitrogen and oxygen atoms in total. The van der Waals surface area contributed by atoms with E-state index >= 15 is 0 Å². The average molecular weight is 216 g/mol. The molecule has 0 aliphatic heterocycles. The van der Waals surface area contributed by atoms with Crippen LogP contribution in [0, 0.1) is 0 Å². The second-order valence-electron chi connectivity index (χ2n) is 2.99. The number of nitrogens with two attached hydrogens (primary N) is 1. The first-order chi connectivity index (χ1) is 7.00. The quantitative estimate of drug-likeness (QED) is 0.795. The number of aromatic nitrogens is 1. The van der Waals surface area contributed by atoms with Crippen molar-refractivity contribution < 1.29 is 17.6 Å². The van der Waals surface area contributed by atoms with Crippen LogP contribution in [0.15, 0.2) is 22.6 Å². The van der Waals surface area contributed by atoms with E-state index in [0.29, 0.717) is 5.52 Å². The number of halogens is 3. The van der Waals surface area contributed by atoms with Gasteiger partial charge in [-0.15, -0.1) is 0 Å². The molecular weight excluding hydrogens is 209 g/mol. The fourth-order valence-corrected chi connectivity index (χ4v) is 1.24. The van der Waals surface area contributed by atoms with Crippen LogP contribution in [0.1, 0.15) is 11.5 Å². The van der Waals surface area contributed by atoms with E-state index in [4.69, 9.17) is 10.2 Å². The summed E-state index contributed by atoms with van der Waals surface area (Å²) in [5, 5.41) is 0. The second kappa shape index (κ2) is 3.23. The normalized spacial score (nSPS) is 12.3. The molecule has 2 N–H and O–H groups in total. The van der Waals surface area contributed by atoms with Crippen LogP contribution in [0.3, 0.4) is 0 Å². The van der Waals surface area contributed by atoms with Crippen LogP contribution < -0.4 is 5.73 Å². The van der Waals surface area contributed by atoms with E-state index in [0.717, 1.165) is 12.1 Å². The average Bonchev–Trinajstić information content (AvgIpc) is 2.57. The summed E-state index contributed by atoms with van der Waals surface area (Å²) in [5.41, 5.74) is 4.98. The van der Waals surface area contributed by atoms with Crippen molar-refractivity contribution in [1.29, 1.82) is 0 Å². The Morgan fingerprint density at radius 3 is 2.67 bits per heavy atom. The monoisotopic (exact) mass is 216 g/mol. The third-order valence-corrected chi connectivity index (χ3v) is 1.93. The summed E-state index contributed by atoms with van der Waals surface area (Å²) in [4.78, 5) is 3.90. The molecule has 1 heterocycles. The van der Waals surface area contributed by atoms with E-state index in [1.807, 2.05) is 0 Å². The molecule has 0 bridgehead atoms. The zero-order chi connectivity index (χ0) is 11.1. The maximum Gasteiger partial charge on any atom is 0.416 e. The van der Waals surface area contributed by atoms with Gasteiger partial charge in [0.1, 0.15) is 5.52 Å². The molecule has 0 saturated heterocycles. The number of oxazole rings is 1. The minimum absolute atomic E-state index is 0.0655. The topological polar surface area (TPSA) is 52.0 Å². The molecule has 0 amide bonds. The molecule has 1 aromatic carbocycles. The second-order valence-corrected chi connectivity index (χ2v) is 2.99. The van der Waals surface area contributed by atoms with Gasteiger partial charge in [-0.25, -0.2) is 4.98 Å². The number of benzene rings is 1. The summed E-state index contributed by atoms with van der Waals surface area (Å²) < 4.78 is 42.0. The van der Waals surface area contributed by atoms with Crippen LogP contribution in [0.25, 0.3) is 11.1 Å². The molecule has 0 aliphatic carbocycles. The molecule has 0 radical (unpaired) electrons. The van der Waals surface area contributed by atoms with E-state index in [1.54, 1.807) is 0 Å². The van der Waals surface area contributed by atoms with Gasteiger partial charge < -0.3 is 10.2 Å². The van der Waals surface area contributed by atoms with E-state index in [1.165, 1.54) is 6.07 Å². The lowest BCUT2D eigenvalue weighted by Crippen LogP contribution is -2.03. The molecular formula is C9H7F3N2O. The van der Waals surface area contributed by atoms with E-state index in [-0.39, 0.29) is 18.0 Å². The summed E-state index contributed by atoms with van der Waals surface area (Å²) in [6.45, 7) is 0.0655. The van der Waals surface area contributed by atoms with Crippen LogP contribution in [-0.4, -0.2) is 4.98 Å². The zero-order valence-electron chi connectivity index (χ0n) is 7.51. The predicted molar refractivity (Wildman–Crippen MR) is 46.9 cm³/mol. The Morgan fingerprint density at radius 1 is 1.33 bits per heavy atom. The van der Waals surface area contributed by atoms with Crippen molar-refractivity contribution in [2.75, 3.05) is 0 Å². The zero-order valence-corrected chi connectivity index (χ0v) is 7.51. The standard InChI is InChI=1S/C9H7F3N2O/c10-9(11,12)5-1-2-6-7(3-5)15-8(4-13)14-6/h1-3H,4,13H2. The summed E-state index contributed by atoms with van der Waals surface area (Å²) in [5.74, 6) is 0.226. The highest BCUT2D eigenvalue weighted by molar-refractivity contribution is 5.73. The molecule has 2 rings (SSSR count). The molecule has 0 atom stereocenters. The Hall–Kier alpha value is -1.56. The Balaban J connectivity index is 2.55. The van der Waals surface area contributed by atoms with Crippen molar-refractivity contribution >= 4 is 11.1 Å².